The van der Waals surface area contributed by atoms with Crippen molar-refractivity contribution in [3.05, 3.63) is 0 Å². The molecule has 0 amide bonds. The van der Waals surface area contributed by atoms with Gasteiger partial charge in [0.2, 0.25) is 0 Å². The first kappa shape index (κ1) is 5.62. The Morgan fingerprint density at radius 1 is 1.10 bits per heavy atom. The van der Waals surface area contributed by atoms with Crippen LogP contribution in [0.2, 0.25) is 0 Å². The van der Waals surface area contributed by atoms with Crippen LogP contribution in [0.25, 0.3) is 0 Å². The summed E-state index contributed by atoms with van der Waals surface area (Å²) in [5.41, 5.74) is 0.748. The summed E-state index contributed by atoms with van der Waals surface area (Å²) in [7, 11) is 0. The van der Waals surface area contributed by atoms with Gasteiger partial charge in [-0.3, -0.25) is 0 Å². The molecule has 0 N–H and O–H groups in total. The standard InChI is InChI=1S/C10H16/c1-10(2)7-3-6-4-8(6)9(10)5-7/h6-9H,3-5H2,1-2H3/t6-,7-,8?,9+/m0/s1. The van der Waals surface area contributed by atoms with Crippen molar-refractivity contribution >= 4 is 0 Å². The minimum absolute atomic E-state index is 0.748. The molecule has 0 heteroatoms. The highest BCUT2D eigenvalue weighted by atomic mass is 14.7. The van der Waals surface area contributed by atoms with Gasteiger partial charge in [-0.2, -0.15) is 0 Å². The van der Waals surface area contributed by atoms with Crippen LogP contribution in [0.1, 0.15) is 33.1 Å². The molecule has 0 saturated heterocycles. The molecule has 4 aliphatic rings. The van der Waals surface area contributed by atoms with E-state index in [1.807, 2.05) is 0 Å². The Balaban J connectivity index is 1.94. The predicted molar refractivity (Wildman–Crippen MR) is 41.6 cm³/mol. The summed E-state index contributed by atoms with van der Waals surface area (Å²) in [6.07, 6.45) is 4.74. The zero-order valence-electron chi connectivity index (χ0n) is 6.93. The van der Waals surface area contributed by atoms with Gasteiger partial charge in [-0.05, 0) is 48.3 Å². The quantitative estimate of drug-likeness (QED) is 0.480. The first-order valence-corrected chi connectivity index (χ1v) is 4.69. The third-order valence-corrected chi connectivity index (χ3v) is 4.63. The fourth-order valence-corrected chi connectivity index (χ4v) is 3.58. The summed E-state index contributed by atoms with van der Waals surface area (Å²) in [5, 5.41) is 0. The molecular weight excluding hydrogens is 120 g/mol. The fourth-order valence-electron chi connectivity index (χ4n) is 3.58. The van der Waals surface area contributed by atoms with Crippen molar-refractivity contribution in [3.63, 3.8) is 0 Å². The molecule has 10 heavy (non-hydrogen) atoms. The largest absolute Gasteiger partial charge is 0.0594 e. The molecule has 4 rings (SSSR count). The van der Waals surface area contributed by atoms with Gasteiger partial charge in [0.25, 0.3) is 0 Å². The smallest absolute Gasteiger partial charge is 0.0295 e. The van der Waals surface area contributed by atoms with E-state index in [1.165, 1.54) is 11.8 Å². The Bertz CT molecular complexity index is 180. The Morgan fingerprint density at radius 2 is 1.90 bits per heavy atom. The average molecular weight is 136 g/mol. The molecule has 0 aromatic heterocycles. The van der Waals surface area contributed by atoms with Gasteiger partial charge in [0.05, 0.1) is 0 Å². The second-order valence-corrected chi connectivity index (χ2v) is 5.26. The minimum Gasteiger partial charge on any atom is -0.0594 e. The van der Waals surface area contributed by atoms with Crippen LogP contribution >= 0.6 is 0 Å². The summed E-state index contributed by atoms with van der Waals surface area (Å²) < 4.78 is 0. The maximum atomic E-state index is 2.49. The normalized spacial score (nSPS) is 60.6. The fraction of sp³-hybridized carbons (Fsp3) is 1.00. The van der Waals surface area contributed by atoms with Crippen LogP contribution in [-0.2, 0) is 0 Å². The second kappa shape index (κ2) is 1.31. The Labute approximate surface area is 63.0 Å². The molecule has 0 heterocycles. The van der Waals surface area contributed by atoms with E-state index < -0.39 is 0 Å². The van der Waals surface area contributed by atoms with E-state index in [0.29, 0.717) is 0 Å². The zero-order chi connectivity index (χ0) is 6.93. The van der Waals surface area contributed by atoms with Crippen molar-refractivity contribution in [1.29, 1.82) is 0 Å². The molecule has 0 nitrogen and oxygen atoms in total. The van der Waals surface area contributed by atoms with Crippen LogP contribution in [-0.4, -0.2) is 0 Å². The zero-order valence-corrected chi connectivity index (χ0v) is 6.93. The predicted octanol–water partition coefficient (Wildman–Crippen LogP) is 2.69. The summed E-state index contributed by atoms with van der Waals surface area (Å²) in [5.74, 6) is 4.62. The highest BCUT2D eigenvalue weighted by Gasteiger charge is 2.63. The van der Waals surface area contributed by atoms with Gasteiger partial charge >= 0.3 is 0 Å². The Hall–Kier alpha value is 0. The number of hydrogen-bond donors (Lipinski definition) is 0. The lowest BCUT2D eigenvalue weighted by Crippen LogP contribution is -2.49. The Morgan fingerprint density at radius 3 is 2.40 bits per heavy atom. The molecular formula is C10H16. The molecule has 0 aromatic carbocycles. The lowest BCUT2D eigenvalue weighted by atomic mass is 9.49. The van der Waals surface area contributed by atoms with Crippen LogP contribution < -0.4 is 0 Å². The van der Waals surface area contributed by atoms with E-state index in [0.717, 1.165) is 17.3 Å². The average Bonchev–Trinajstić information content (AvgIpc) is 2.62. The molecule has 0 spiro atoms. The lowest BCUT2D eigenvalue weighted by molar-refractivity contribution is -0.0733. The van der Waals surface area contributed by atoms with Crippen molar-refractivity contribution in [2.75, 3.05) is 0 Å². The van der Waals surface area contributed by atoms with Crippen LogP contribution in [0.5, 0.6) is 0 Å². The van der Waals surface area contributed by atoms with E-state index in [-0.39, 0.29) is 0 Å². The third kappa shape index (κ3) is 0.436. The lowest BCUT2D eigenvalue weighted by Gasteiger charge is -2.56. The topological polar surface area (TPSA) is 0 Å². The SMILES string of the molecule is CC1(C)[C@H]2C[C@H]3CC3[C@H]1C2. The van der Waals surface area contributed by atoms with Crippen molar-refractivity contribution in [2.45, 2.75) is 33.1 Å². The van der Waals surface area contributed by atoms with Crippen molar-refractivity contribution in [1.82, 2.24) is 0 Å². The highest BCUT2D eigenvalue weighted by Crippen LogP contribution is 2.71. The van der Waals surface area contributed by atoms with Crippen molar-refractivity contribution in [3.8, 4) is 0 Å². The number of hydrogen-bond acceptors (Lipinski definition) is 0. The van der Waals surface area contributed by atoms with E-state index in [2.05, 4.69) is 13.8 Å². The van der Waals surface area contributed by atoms with E-state index in [1.54, 1.807) is 19.3 Å². The summed E-state index contributed by atoms with van der Waals surface area (Å²) in [4.78, 5) is 0. The van der Waals surface area contributed by atoms with Gasteiger partial charge in [0, 0.05) is 0 Å². The van der Waals surface area contributed by atoms with Gasteiger partial charge in [0.15, 0.2) is 0 Å². The molecule has 1 unspecified atom stereocenters. The molecule has 2 bridgehead atoms. The maximum absolute atomic E-state index is 2.49. The van der Waals surface area contributed by atoms with Gasteiger partial charge in [-0.1, -0.05) is 13.8 Å². The third-order valence-electron chi connectivity index (χ3n) is 4.63. The molecule has 4 atom stereocenters. The molecule has 56 valence electrons. The van der Waals surface area contributed by atoms with E-state index in [9.17, 15) is 0 Å². The molecule has 4 fully saturated rings. The minimum atomic E-state index is 0.748. The summed E-state index contributed by atoms with van der Waals surface area (Å²) in [6, 6.07) is 0. The van der Waals surface area contributed by atoms with E-state index >= 15 is 0 Å². The highest BCUT2D eigenvalue weighted by molar-refractivity contribution is 5.12. The Kier molecular flexibility index (Phi) is 0.735. The van der Waals surface area contributed by atoms with Crippen LogP contribution in [0.3, 0.4) is 0 Å². The summed E-state index contributed by atoms with van der Waals surface area (Å²) in [6.45, 7) is 4.97. The molecule has 0 aliphatic heterocycles. The molecule has 0 aromatic rings. The molecule has 4 aliphatic carbocycles. The van der Waals surface area contributed by atoms with Gasteiger partial charge in [-0.15, -0.1) is 0 Å². The first-order chi connectivity index (χ1) is 4.69. The maximum Gasteiger partial charge on any atom is -0.0295 e. The van der Waals surface area contributed by atoms with Crippen LogP contribution in [0.4, 0.5) is 0 Å². The second-order valence-electron chi connectivity index (χ2n) is 5.26. The van der Waals surface area contributed by atoms with Crippen LogP contribution in [0, 0.1) is 29.1 Å². The first-order valence-electron chi connectivity index (χ1n) is 4.69. The van der Waals surface area contributed by atoms with Gasteiger partial charge in [0.1, 0.15) is 0 Å². The van der Waals surface area contributed by atoms with Gasteiger partial charge < -0.3 is 0 Å². The monoisotopic (exact) mass is 136 g/mol. The van der Waals surface area contributed by atoms with E-state index in [4.69, 9.17) is 0 Å². The van der Waals surface area contributed by atoms with Crippen molar-refractivity contribution in [2.24, 2.45) is 29.1 Å². The van der Waals surface area contributed by atoms with Crippen LogP contribution in [0.15, 0.2) is 0 Å². The molecule has 0 radical (unpaired) electrons. The number of rotatable bonds is 0. The molecule has 4 saturated carbocycles. The van der Waals surface area contributed by atoms with Gasteiger partial charge in [-0.25, -0.2) is 0 Å². The summed E-state index contributed by atoms with van der Waals surface area (Å²) >= 11 is 0. The van der Waals surface area contributed by atoms with Crippen molar-refractivity contribution < 1.29 is 0 Å².